The van der Waals surface area contributed by atoms with Gasteiger partial charge in [-0.3, -0.25) is 4.79 Å². The Morgan fingerprint density at radius 1 is 1.06 bits per heavy atom. The fraction of sp³-hybridized carbons (Fsp3) is 0.433. The van der Waals surface area contributed by atoms with Crippen LogP contribution in [0, 0.1) is 11.7 Å². The van der Waals surface area contributed by atoms with Gasteiger partial charge in [-0.1, -0.05) is 62.2 Å². The Hall–Kier alpha value is -3.28. The van der Waals surface area contributed by atoms with Gasteiger partial charge < -0.3 is 10.2 Å². The first-order valence-corrected chi connectivity index (χ1v) is 13.2. The normalized spacial score (nSPS) is 17.8. The van der Waals surface area contributed by atoms with Gasteiger partial charge in [0.25, 0.3) is 5.91 Å². The van der Waals surface area contributed by atoms with Crippen molar-refractivity contribution in [3.05, 3.63) is 89.0 Å². The number of nitrogens with zero attached hydrogens (tertiary/aromatic N) is 3. The Balaban J connectivity index is 1.46. The van der Waals surface area contributed by atoms with E-state index in [2.05, 4.69) is 22.1 Å². The van der Waals surface area contributed by atoms with E-state index in [0.29, 0.717) is 30.4 Å². The van der Waals surface area contributed by atoms with Gasteiger partial charge in [0.15, 0.2) is 0 Å². The van der Waals surface area contributed by atoms with E-state index >= 15 is 0 Å². The summed E-state index contributed by atoms with van der Waals surface area (Å²) in [5, 5.41) is 3.06. The molecule has 0 bridgehead atoms. The molecule has 1 aliphatic heterocycles. The molecule has 1 aromatic heterocycles. The zero-order valence-corrected chi connectivity index (χ0v) is 21.0. The second-order valence-electron chi connectivity index (χ2n) is 10.5. The summed E-state index contributed by atoms with van der Waals surface area (Å²) in [6.45, 7) is 4.61. The summed E-state index contributed by atoms with van der Waals surface area (Å²) in [6.07, 6.45) is 8.85. The number of anilines is 1. The summed E-state index contributed by atoms with van der Waals surface area (Å²) in [5.74, 6) is 1.05. The molecule has 6 heteroatoms. The smallest absolute Gasteiger partial charge is 0.254 e. The summed E-state index contributed by atoms with van der Waals surface area (Å²) < 4.78 is 13.7. The van der Waals surface area contributed by atoms with Crippen LogP contribution in [-0.4, -0.2) is 29.0 Å². The van der Waals surface area contributed by atoms with Gasteiger partial charge in [-0.05, 0) is 54.9 Å². The van der Waals surface area contributed by atoms with Crippen molar-refractivity contribution in [2.75, 3.05) is 18.0 Å². The number of piperidine rings is 1. The van der Waals surface area contributed by atoms with Crippen LogP contribution in [0.3, 0.4) is 0 Å². The first-order chi connectivity index (χ1) is 17.5. The van der Waals surface area contributed by atoms with Gasteiger partial charge in [0.2, 0.25) is 5.95 Å². The lowest BCUT2D eigenvalue weighted by Crippen LogP contribution is -2.35. The van der Waals surface area contributed by atoms with Crippen molar-refractivity contribution in [1.82, 2.24) is 15.3 Å². The molecule has 2 heterocycles. The van der Waals surface area contributed by atoms with Crippen LogP contribution in [0.5, 0.6) is 0 Å². The summed E-state index contributed by atoms with van der Waals surface area (Å²) >= 11 is 0. The highest BCUT2D eigenvalue weighted by Crippen LogP contribution is 2.44. The number of halogens is 1. The zero-order valence-electron chi connectivity index (χ0n) is 21.0. The molecule has 1 saturated carbocycles. The molecule has 1 amide bonds. The van der Waals surface area contributed by atoms with E-state index in [4.69, 9.17) is 4.98 Å². The van der Waals surface area contributed by atoms with Crippen LogP contribution in [0.4, 0.5) is 10.3 Å². The average Bonchev–Trinajstić information content (AvgIpc) is 3.38. The number of hydrogen-bond donors (Lipinski definition) is 1. The molecule has 1 aliphatic carbocycles. The molecule has 36 heavy (non-hydrogen) atoms. The van der Waals surface area contributed by atoms with Crippen molar-refractivity contribution < 1.29 is 9.18 Å². The predicted molar refractivity (Wildman–Crippen MR) is 141 cm³/mol. The highest BCUT2D eigenvalue weighted by Gasteiger charge is 2.37. The molecule has 5 nitrogen and oxygen atoms in total. The molecule has 0 radical (unpaired) electrons. The molecule has 188 valence electrons. The van der Waals surface area contributed by atoms with Crippen LogP contribution in [0.2, 0.25) is 0 Å². The van der Waals surface area contributed by atoms with Crippen LogP contribution >= 0.6 is 0 Å². The van der Waals surface area contributed by atoms with E-state index in [0.717, 1.165) is 68.4 Å². The summed E-state index contributed by atoms with van der Waals surface area (Å²) in [7, 11) is 0. The van der Waals surface area contributed by atoms with Crippen LogP contribution < -0.4 is 10.2 Å². The van der Waals surface area contributed by atoms with Crippen molar-refractivity contribution in [2.24, 2.45) is 5.92 Å². The van der Waals surface area contributed by atoms with Gasteiger partial charge in [-0.15, -0.1) is 0 Å². The lowest BCUT2D eigenvalue weighted by molar-refractivity contribution is 0.0948. The van der Waals surface area contributed by atoms with Crippen LogP contribution in [0.1, 0.15) is 72.6 Å². The third kappa shape index (κ3) is 5.43. The van der Waals surface area contributed by atoms with Crippen molar-refractivity contribution in [2.45, 2.75) is 63.8 Å². The molecule has 0 unspecified atom stereocenters. The minimum atomic E-state index is -0.225. The zero-order chi connectivity index (χ0) is 25.0. The van der Waals surface area contributed by atoms with Crippen LogP contribution in [-0.2, 0) is 18.4 Å². The van der Waals surface area contributed by atoms with Gasteiger partial charge in [0, 0.05) is 37.7 Å². The largest absolute Gasteiger partial charge is 0.348 e. The third-order valence-electron chi connectivity index (χ3n) is 7.99. The van der Waals surface area contributed by atoms with Gasteiger partial charge in [-0.2, -0.15) is 0 Å². The van der Waals surface area contributed by atoms with E-state index in [1.807, 2.05) is 42.5 Å². The number of amides is 1. The number of benzene rings is 2. The van der Waals surface area contributed by atoms with E-state index in [-0.39, 0.29) is 17.1 Å². The first kappa shape index (κ1) is 24.4. The highest BCUT2D eigenvalue weighted by molar-refractivity contribution is 5.95. The fourth-order valence-corrected chi connectivity index (χ4v) is 5.71. The summed E-state index contributed by atoms with van der Waals surface area (Å²) in [5.41, 5.74) is 3.35. The topological polar surface area (TPSA) is 58.1 Å². The molecular formula is C30H35FN4O. The van der Waals surface area contributed by atoms with Crippen molar-refractivity contribution in [1.29, 1.82) is 0 Å². The lowest BCUT2D eigenvalue weighted by atomic mass is 9.74. The highest BCUT2D eigenvalue weighted by atomic mass is 19.1. The van der Waals surface area contributed by atoms with E-state index in [1.165, 1.54) is 0 Å². The Labute approximate surface area is 213 Å². The number of carbonyl (C=O) groups excluding carboxylic acids is 1. The number of rotatable bonds is 7. The van der Waals surface area contributed by atoms with Gasteiger partial charge in [0.1, 0.15) is 5.82 Å². The number of aromatic nitrogens is 2. The molecule has 2 fully saturated rings. The van der Waals surface area contributed by atoms with Gasteiger partial charge in [0.05, 0.1) is 11.3 Å². The van der Waals surface area contributed by atoms with E-state index in [9.17, 15) is 9.18 Å². The average molecular weight is 487 g/mol. The van der Waals surface area contributed by atoms with Crippen molar-refractivity contribution >= 4 is 11.9 Å². The Morgan fingerprint density at radius 2 is 1.75 bits per heavy atom. The lowest BCUT2D eigenvalue weighted by Gasteiger charge is -2.32. The molecule has 0 spiro atoms. The molecule has 2 aliphatic rings. The predicted octanol–water partition coefficient (Wildman–Crippen LogP) is 5.84. The molecular weight excluding hydrogens is 451 g/mol. The minimum Gasteiger partial charge on any atom is -0.348 e. The Kier molecular flexibility index (Phi) is 7.30. The SMILES string of the molecule is CC1CCN(c2ncc(C(=O)NCc3ccccc3)c(CC3(c4ccc(F)cc4)CCCC3)n2)CC1. The summed E-state index contributed by atoms with van der Waals surface area (Å²) in [6, 6.07) is 16.8. The maximum absolute atomic E-state index is 13.7. The second-order valence-corrected chi connectivity index (χ2v) is 10.5. The maximum atomic E-state index is 13.7. The number of carbonyl (C=O) groups is 1. The minimum absolute atomic E-state index is 0.149. The standard InChI is InChI=1S/C30H35FN4O/c1-22-13-17-35(18-14-22)29-33-21-26(28(36)32-20-23-7-3-2-4-8-23)27(34-29)19-30(15-5-6-16-30)24-9-11-25(31)12-10-24/h2-4,7-12,21-22H,5-6,13-20H2,1H3,(H,32,36). The number of hydrogen-bond acceptors (Lipinski definition) is 4. The maximum Gasteiger partial charge on any atom is 0.254 e. The second kappa shape index (κ2) is 10.8. The Bertz CT molecular complexity index is 1170. The molecule has 5 rings (SSSR count). The third-order valence-corrected chi connectivity index (χ3v) is 7.99. The molecule has 1 saturated heterocycles. The quantitative estimate of drug-likeness (QED) is 0.456. The van der Waals surface area contributed by atoms with Gasteiger partial charge in [-0.25, -0.2) is 14.4 Å². The first-order valence-electron chi connectivity index (χ1n) is 13.2. The van der Waals surface area contributed by atoms with E-state index < -0.39 is 0 Å². The van der Waals surface area contributed by atoms with E-state index in [1.54, 1.807) is 18.3 Å². The van der Waals surface area contributed by atoms with Crippen LogP contribution in [0.15, 0.2) is 60.8 Å². The molecule has 2 aromatic carbocycles. The fourth-order valence-electron chi connectivity index (χ4n) is 5.71. The van der Waals surface area contributed by atoms with Crippen molar-refractivity contribution in [3.63, 3.8) is 0 Å². The van der Waals surface area contributed by atoms with Crippen molar-refractivity contribution in [3.8, 4) is 0 Å². The summed E-state index contributed by atoms with van der Waals surface area (Å²) in [4.78, 5) is 25.3. The van der Waals surface area contributed by atoms with Gasteiger partial charge >= 0.3 is 0 Å². The monoisotopic (exact) mass is 486 g/mol. The molecule has 0 atom stereocenters. The molecule has 1 N–H and O–H groups in total. The van der Waals surface area contributed by atoms with Crippen LogP contribution in [0.25, 0.3) is 0 Å². The molecule has 3 aromatic rings. The Morgan fingerprint density at radius 3 is 2.44 bits per heavy atom. The number of nitrogens with one attached hydrogen (secondary N) is 1.